The van der Waals surface area contributed by atoms with Crippen molar-refractivity contribution in [2.75, 3.05) is 0 Å². The van der Waals surface area contributed by atoms with Crippen LogP contribution in [0.3, 0.4) is 0 Å². The summed E-state index contributed by atoms with van der Waals surface area (Å²) in [5.74, 6) is -6.60. The molecule has 4 aromatic rings. The van der Waals surface area contributed by atoms with E-state index in [9.17, 15) is 26.3 Å². The standard InChI is InChI=1S/C35H29F7O/c1-2-3-4-21-5-7-22(8-6-21)23-9-11-24(12-10-23)25-13-15-28(30(37)17-25)26-18-32(39)34(33(40)19-26)35(41,42)43-27-14-16-29(36)31(38)20-27/h2-3,9-22H,4-8H2,1H3/b3-2-. The zero-order valence-corrected chi connectivity index (χ0v) is 23.3. The number of hydrogen-bond donors (Lipinski definition) is 0. The molecule has 1 aliphatic rings. The van der Waals surface area contributed by atoms with Crippen LogP contribution in [0, 0.1) is 35.0 Å². The Hall–Kier alpha value is -4.07. The molecule has 4 aromatic carbocycles. The van der Waals surface area contributed by atoms with Crippen molar-refractivity contribution in [1.82, 2.24) is 0 Å². The van der Waals surface area contributed by atoms with Crippen LogP contribution < -0.4 is 4.74 Å². The number of alkyl halides is 2. The first-order valence-corrected chi connectivity index (χ1v) is 14.1. The van der Waals surface area contributed by atoms with Crippen molar-refractivity contribution in [3.63, 3.8) is 0 Å². The number of benzene rings is 4. The van der Waals surface area contributed by atoms with E-state index in [-0.39, 0.29) is 11.1 Å². The Morgan fingerprint density at radius 2 is 1.30 bits per heavy atom. The van der Waals surface area contributed by atoms with Gasteiger partial charge in [0.15, 0.2) is 11.6 Å². The lowest BCUT2D eigenvalue weighted by molar-refractivity contribution is -0.189. The molecule has 0 aliphatic heterocycles. The van der Waals surface area contributed by atoms with Gasteiger partial charge in [0.2, 0.25) is 0 Å². The molecule has 43 heavy (non-hydrogen) atoms. The molecule has 1 nitrogen and oxygen atoms in total. The van der Waals surface area contributed by atoms with E-state index in [1.54, 1.807) is 6.07 Å². The predicted octanol–water partition coefficient (Wildman–Crippen LogP) is 11.1. The number of halogens is 7. The maximum atomic E-state index is 15.2. The highest BCUT2D eigenvalue weighted by atomic mass is 19.3. The fraction of sp³-hybridized carbons (Fsp3) is 0.257. The molecule has 224 valence electrons. The van der Waals surface area contributed by atoms with Crippen LogP contribution in [-0.4, -0.2) is 0 Å². The van der Waals surface area contributed by atoms with Crippen LogP contribution in [0.1, 0.15) is 56.1 Å². The summed E-state index contributed by atoms with van der Waals surface area (Å²) in [4.78, 5) is 0. The first kappa shape index (κ1) is 30.4. The third-order valence-electron chi connectivity index (χ3n) is 8.02. The van der Waals surface area contributed by atoms with E-state index >= 15 is 4.39 Å². The minimum atomic E-state index is -4.57. The number of hydrogen-bond acceptors (Lipinski definition) is 1. The summed E-state index contributed by atoms with van der Waals surface area (Å²) in [5, 5.41) is 0. The van der Waals surface area contributed by atoms with Gasteiger partial charge in [-0.05, 0) is 103 Å². The molecule has 1 aliphatic carbocycles. The smallest absolute Gasteiger partial charge is 0.429 e. The summed E-state index contributed by atoms with van der Waals surface area (Å²) >= 11 is 0. The van der Waals surface area contributed by atoms with E-state index in [0.29, 0.717) is 41.8 Å². The van der Waals surface area contributed by atoms with Crippen LogP contribution in [0.25, 0.3) is 22.3 Å². The molecule has 8 heteroatoms. The summed E-state index contributed by atoms with van der Waals surface area (Å²) < 4.78 is 105. The number of ether oxygens (including phenoxy) is 1. The maximum absolute atomic E-state index is 15.2. The van der Waals surface area contributed by atoms with Gasteiger partial charge in [-0.1, -0.05) is 48.6 Å². The molecule has 0 saturated heterocycles. The summed E-state index contributed by atoms with van der Waals surface area (Å²) in [7, 11) is 0. The Morgan fingerprint density at radius 1 is 0.674 bits per heavy atom. The molecule has 0 bridgehead atoms. The Kier molecular flexibility index (Phi) is 8.95. The van der Waals surface area contributed by atoms with E-state index in [1.165, 1.54) is 30.5 Å². The molecule has 5 rings (SSSR count). The Labute approximate surface area is 245 Å². The minimum absolute atomic E-state index is 0.191. The first-order valence-electron chi connectivity index (χ1n) is 14.1. The summed E-state index contributed by atoms with van der Waals surface area (Å²) in [6, 6.07) is 14.8. The minimum Gasteiger partial charge on any atom is -0.429 e. The second kappa shape index (κ2) is 12.7. The zero-order chi connectivity index (χ0) is 30.7. The van der Waals surface area contributed by atoms with Gasteiger partial charge in [0.25, 0.3) is 0 Å². The lowest BCUT2D eigenvalue weighted by Gasteiger charge is -2.28. The van der Waals surface area contributed by atoms with E-state index < -0.39 is 46.5 Å². The van der Waals surface area contributed by atoms with E-state index in [2.05, 4.69) is 16.9 Å². The molecular formula is C35H29F7O. The third-order valence-corrected chi connectivity index (χ3v) is 8.02. The van der Waals surface area contributed by atoms with Gasteiger partial charge in [-0.2, -0.15) is 8.78 Å². The molecule has 0 N–H and O–H groups in total. The first-order chi connectivity index (χ1) is 20.6. The normalized spacial score (nSPS) is 17.4. The average molecular weight is 599 g/mol. The number of allylic oxidation sites excluding steroid dienone is 2. The Bertz CT molecular complexity index is 1600. The second-order valence-corrected chi connectivity index (χ2v) is 10.8. The zero-order valence-electron chi connectivity index (χ0n) is 23.3. The van der Waals surface area contributed by atoms with Crippen molar-refractivity contribution < 1.29 is 35.5 Å². The van der Waals surface area contributed by atoms with Crippen LogP contribution in [0.2, 0.25) is 0 Å². The molecule has 1 saturated carbocycles. The molecule has 0 unspecified atom stereocenters. The lowest BCUT2D eigenvalue weighted by atomic mass is 9.77. The Morgan fingerprint density at radius 3 is 1.91 bits per heavy atom. The topological polar surface area (TPSA) is 9.23 Å². The molecule has 0 amide bonds. The molecular weight excluding hydrogens is 569 g/mol. The van der Waals surface area contributed by atoms with E-state index in [1.807, 2.05) is 31.2 Å². The van der Waals surface area contributed by atoms with Crippen molar-refractivity contribution in [1.29, 1.82) is 0 Å². The largest absolute Gasteiger partial charge is 0.432 e. The van der Waals surface area contributed by atoms with Crippen molar-refractivity contribution in [2.24, 2.45) is 5.92 Å². The second-order valence-electron chi connectivity index (χ2n) is 10.8. The van der Waals surface area contributed by atoms with E-state index in [4.69, 9.17) is 0 Å². The summed E-state index contributed by atoms with van der Waals surface area (Å²) in [5.41, 5.74) is 0.312. The molecule has 0 heterocycles. The SMILES string of the molecule is C/C=C\CC1CCC(c2ccc(-c3ccc(-c4cc(F)c(C(F)(F)Oc5ccc(F)c(F)c5)c(F)c4)c(F)c3)cc2)CC1. The Balaban J connectivity index is 1.32. The van der Waals surface area contributed by atoms with Crippen LogP contribution in [-0.2, 0) is 6.11 Å². The van der Waals surface area contributed by atoms with Crippen LogP contribution >= 0.6 is 0 Å². The molecule has 1 fully saturated rings. The van der Waals surface area contributed by atoms with Gasteiger partial charge < -0.3 is 4.74 Å². The molecule has 0 radical (unpaired) electrons. The van der Waals surface area contributed by atoms with Gasteiger partial charge in [-0.25, -0.2) is 22.0 Å². The predicted molar refractivity (Wildman–Crippen MR) is 152 cm³/mol. The van der Waals surface area contributed by atoms with Gasteiger partial charge >= 0.3 is 6.11 Å². The molecule has 0 aromatic heterocycles. The monoisotopic (exact) mass is 598 g/mol. The van der Waals surface area contributed by atoms with Gasteiger partial charge in [0.05, 0.1) is 0 Å². The highest BCUT2D eigenvalue weighted by Crippen LogP contribution is 2.40. The summed E-state index contributed by atoms with van der Waals surface area (Å²) in [6.07, 6.45) is 5.48. The van der Waals surface area contributed by atoms with Crippen LogP contribution in [0.5, 0.6) is 5.75 Å². The van der Waals surface area contributed by atoms with Gasteiger partial charge in [0.1, 0.15) is 28.8 Å². The van der Waals surface area contributed by atoms with E-state index in [0.717, 1.165) is 30.7 Å². The van der Waals surface area contributed by atoms with Crippen molar-refractivity contribution in [2.45, 2.75) is 51.1 Å². The summed E-state index contributed by atoms with van der Waals surface area (Å²) in [6.45, 7) is 2.04. The number of rotatable bonds is 8. The van der Waals surface area contributed by atoms with Gasteiger partial charge in [0, 0.05) is 11.6 Å². The fourth-order valence-corrected chi connectivity index (χ4v) is 5.68. The van der Waals surface area contributed by atoms with Crippen molar-refractivity contribution in [3.8, 4) is 28.0 Å². The third kappa shape index (κ3) is 6.79. The quantitative estimate of drug-likeness (QED) is 0.145. The highest BCUT2D eigenvalue weighted by Gasteiger charge is 2.41. The van der Waals surface area contributed by atoms with Gasteiger partial charge in [-0.15, -0.1) is 0 Å². The van der Waals surface area contributed by atoms with Crippen LogP contribution in [0.4, 0.5) is 30.7 Å². The lowest BCUT2D eigenvalue weighted by Crippen LogP contribution is -2.25. The molecule has 0 spiro atoms. The highest BCUT2D eigenvalue weighted by molar-refractivity contribution is 5.71. The maximum Gasteiger partial charge on any atom is 0.432 e. The van der Waals surface area contributed by atoms with Gasteiger partial charge in [-0.3, -0.25) is 0 Å². The fourth-order valence-electron chi connectivity index (χ4n) is 5.68. The van der Waals surface area contributed by atoms with Crippen molar-refractivity contribution >= 4 is 0 Å². The van der Waals surface area contributed by atoms with Crippen LogP contribution in [0.15, 0.2) is 84.9 Å². The van der Waals surface area contributed by atoms with Crippen molar-refractivity contribution in [3.05, 3.63) is 125 Å². The average Bonchev–Trinajstić information content (AvgIpc) is 2.97. The molecule has 0 atom stereocenters.